The molecule has 0 spiro atoms. The number of hydrogen-bond acceptors (Lipinski definition) is 4. The molecule has 0 aliphatic heterocycles. The summed E-state index contributed by atoms with van der Waals surface area (Å²) in [7, 11) is 0. The average Bonchev–Trinajstić information content (AvgIpc) is 3.23. The van der Waals surface area contributed by atoms with Gasteiger partial charge in [-0.15, -0.1) is 17.9 Å². The molecule has 1 aromatic carbocycles. The number of para-hydroxylation sites is 1. The van der Waals surface area contributed by atoms with E-state index in [0.29, 0.717) is 13.1 Å². The van der Waals surface area contributed by atoms with E-state index in [1.54, 1.807) is 17.4 Å². The van der Waals surface area contributed by atoms with Crippen molar-refractivity contribution in [3.8, 4) is 10.8 Å². The first-order valence-corrected chi connectivity index (χ1v) is 8.69. The minimum absolute atomic E-state index is 0.470. The summed E-state index contributed by atoms with van der Waals surface area (Å²) in [6.45, 7) is 7.67. The first kappa shape index (κ1) is 16.3. The molecule has 2 aromatic heterocycles. The Morgan fingerprint density at radius 2 is 2.17 bits per heavy atom. The fraction of sp³-hybridized carbons (Fsp3) is 0.222. The molecule has 3 aromatic rings. The Hall–Kier alpha value is -2.60. The van der Waals surface area contributed by atoms with Gasteiger partial charge in [0.15, 0.2) is 16.7 Å². The Kier molecular flexibility index (Phi) is 5.28. The van der Waals surface area contributed by atoms with Crippen molar-refractivity contribution in [1.82, 2.24) is 15.6 Å². The Morgan fingerprint density at radius 3 is 2.96 bits per heavy atom. The van der Waals surface area contributed by atoms with Crippen LogP contribution < -0.4 is 10.6 Å². The van der Waals surface area contributed by atoms with Crippen LogP contribution in [-0.4, -0.2) is 24.0 Å². The van der Waals surface area contributed by atoms with Gasteiger partial charge in [-0.1, -0.05) is 18.2 Å². The van der Waals surface area contributed by atoms with Gasteiger partial charge in [0.25, 0.3) is 0 Å². The largest absolute Gasteiger partial charge is 0.457 e. The van der Waals surface area contributed by atoms with Gasteiger partial charge in [0.1, 0.15) is 12.3 Å². The number of nitrogens with one attached hydrogen (secondary N) is 2. The SMILES string of the molecule is C=CCNC(=NCc1ccc(-c2nc3ccccc3s2)o1)NCC. The zero-order chi connectivity index (χ0) is 16.8. The van der Waals surface area contributed by atoms with Crippen molar-refractivity contribution in [1.29, 1.82) is 0 Å². The van der Waals surface area contributed by atoms with Gasteiger partial charge >= 0.3 is 0 Å². The molecule has 0 unspecified atom stereocenters. The third-order valence-electron chi connectivity index (χ3n) is 3.32. The van der Waals surface area contributed by atoms with Crippen LogP contribution in [0.3, 0.4) is 0 Å². The van der Waals surface area contributed by atoms with E-state index in [9.17, 15) is 0 Å². The van der Waals surface area contributed by atoms with Gasteiger partial charge < -0.3 is 15.1 Å². The van der Waals surface area contributed by atoms with Crippen LogP contribution in [0.15, 0.2) is 58.5 Å². The van der Waals surface area contributed by atoms with Crippen LogP contribution in [0.4, 0.5) is 0 Å². The van der Waals surface area contributed by atoms with Crippen LogP contribution >= 0.6 is 11.3 Å². The molecule has 0 fully saturated rings. The topological polar surface area (TPSA) is 62.5 Å². The predicted octanol–water partition coefficient (Wildman–Crippen LogP) is 3.80. The van der Waals surface area contributed by atoms with Crippen LogP contribution in [0.25, 0.3) is 21.0 Å². The molecular weight excluding hydrogens is 320 g/mol. The lowest BCUT2D eigenvalue weighted by Crippen LogP contribution is -2.37. The van der Waals surface area contributed by atoms with Crippen LogP contribution in [0, 0.1) is 0 Å². The van der Waals surface area contributed by atoms with E-state index >= 15 is 0 Å². The highest BCUT2D eigenvalue weighted by atomic mass is 32.1. The van der Waals surface area contributed by atoms with E-state index in [0.717, 1.165) is 39.2 Å². The molecule has 0 amide bonds. The van der Waals surface area contributed by atoms with Crippen molar-refractivity contribution in [2.75, 3.05) is 13.1 Å². The van der Waals surface area contributed by atoms with E-state index in [1.807, 2.05) is 37.3 Å². The maximum absolute atomic E-state index is 5.90. The quantitative estimate of drug-likeness (QED) is 0.407. The second-order valence-electron chi connectivity index (χ2n) is 5.12. The number of nitrogens with zero attached hydrogens (tertiary/aromatic N) is 2. The number of benzene rings is 1. The molecule has 2 N–H and O–H groups in total. The second kappa shape index (κ2) is 7.79. The number of fused-ring (bicyclic) bond motifs is 1. The van der Waals surface area contributed by atoms with Crippen molar-refractivity contribution < 1.29 is 4.42 Å². The second-order valence-corrected chi connectivity index (χ2v) is 6.15. The number of furan rings is 1. The van der Waals surface area contributed by atoms with Crippen molar-refractivity contribution in [3.63, 3.8) is 0 Å². The molecule has 6 heteroatoms. The van der Waals surface area contributed by atoms with Gasteiger partial charge in [-0.25, -0.2) is 9.98 Å². The number of guanidine groups is 1. The number of aliphatic imine (C=N–C) groups is 1. The van der Waals surface area contributed by atoms with E-state index in [-0.39, 0.29) is 0 Å². The summed E-state index contributed by atoms with van der Waals surface area (Å²) in [5.74, 6) is 2.33. The number of rotatable bonds is 6. The summed E-state index contributed by atoms with van der Waals surface area (Å²) in [5, 5.41) is 7.24. The lowest BCUT2D eigenvalue weighted by Gasteiger charge is -2.08. The molecule has 2 heterocycles. The molecule has 3 rings (SSSR count). The maximum Gasteiger partial charge on any atom is 0.191 e. The molecule has 0 saturated heterocycles. The standard InChI is InChI=1S/C18H20N4OS/c1-3-11-20-18(19-4-2)21-12-13-9-10-15(23-13)17-22-14-7-5-6-8-16(14)24-17/h3,5-10H,1,4,11-12H2,2H3,(H2,19,20,21). The first-order chi connectivity index (χ1) is 11.8. The van der Waals surface area contributed by atoms with Gasteiger partial charge in [-0.2, -0.15) is 0 Å². The lowest BCUT2D eigenvalue weighted by atomic mass is 10.3. The number of thiazole rings is 1. The monoisotopic (exact) mass is 340 g/mol. The lowest BCUT2D eigenvalue weighted by molar-refractivity contribution is 0.524. The minimum Gasteiger partial charge on any atom is -0.457 e. The molecule has 0 bridgehead atoms. The molecule has 0 aliphatic carbocycles. The number of aromatic nitrogens is 1. The fourth-order valence-corrected chi connectivity index (χ4v) is 3.15. The van der Waals surface area contributed by atoms with Crippen LogP contribution in [0.2, 0.25) is 0 Å². The van der Waals surface area contributed by atoms with Crippen molar-refractivity contribution in [3.05, 3.63) is 54.8 Å². The Balaban J connectivity index is 1.73. The summed E-state index contributed by atoms with van der Waals surface area (Å²) in [5.41, 5.74) is 0.997. The average molecular weight is 340 g/mol. The summed E-state index contributed by atoms with van der Waals surface area (Å²) in [6, 6.07) is 12.0. The molecule has 0 saturated carbocycles. The summed E-state index contributed by atoms with van der Waals surface area (Å²) in [6.07, 6.45) is 1.80. The molecule has 0 atom stereocenters. The third-order valence-corrected chi connectivity index (χ3v) is 4.37. The zero-order valence-corrected chi connectivity index (χ0v) is 14.4. The smallest absolute Gasteiger partial charge is 0.191 e. The molecule has 5 nitrogen and oxygen atoms in total. The zero-order valence-electron chi connectivity index (χ0n) is 13.6. The van der Waals surface area contributed by atoms with Gasteiger partial charge in [0, 0.05) is 13.1 Å². The highest BCUT2D eigenvalue weighted by molar-refractivity contribution is 7.21. The van der Waals surface area contributed by atoms with E-state index in [4.69, 9.17) is 4.42 Å². The van der Waals surface area contributed by atoms with E-state index < -0.39 is 0 Å². The number of hydrogen-bond donors (Lipinski definition) is 2. The molecule has 0 aliphatic rings. The highest BCUT2D eigenvalue weighted by Gasteiger charge is 2.10. The molecular formula is C18H20N4OS. The van der Waals surface area contributed by atoms with Crippen molar-refractivity contribution in [2.24, 2.45) is 4.99 Å². The van der Waals surface area contributed by atoms with Gasteiger partial charge in [0.05, 0.1) is 10.2 Å². The van der Waals surface area contributed by atoms with Crippen molar-refractivity contribution in [2.45, 2.75) is 13.5 Å². The predicted molar refractivity (Wildman–Crippen MR) is 100 cm³/mol. The van der Waals surface area contributed by atoms with Crippen LogP contribution in [0.1, 0.15) is 12.7 Å². The van der Waals surface area contributed by atoms with E-state index in [2.05, 4.69) is 33.3 Å². The Bertz CT molecular complexity index is 816. The maximum atomic E-state index is 5.90. The van der Waals surface area contributed by atoms with Crippen LogP contribution in [-0.2, 0) is 6.54 Å². The molecule has 0 radical (unpaired) electrons. The third kappa shape index (κ3) is 3.83. The summed E-state index contributed by atoms with van der Waals surface area (Å²) in [4.78, 5) is 9.12. The van der Waals surface area contributed by atoms with Gasteiger partial charge in [-0.3, -0.25) is 0 Å². The molecule has 24 heavy (non-hydrogen) atoms. The van der Waals surface area contributed by atoms with Gasteiger partial charge in [0.2, 0.25) is 0 Å². The van der Waals surface area contributed by atoms with Crippen molar-refractivity contribution >= 4 is 27.5 Å². The Labute approximate surface area is 145 Å². The van der Waals surface area contributed by atoms with Gasteiger partial charge in [-0.05, 0) is 31.2 Å². The Morgan fingerprint density at radius 1 is 1.29 bits per heavy atom. The fourth-order valence-electron chi connectivity index (χ4n) is 2.22. The summed E-state index contributed by atoms with van der Waals surface area (Å²) >= 11 is 1.63. The summed E-state index contributed by atoms with van der Waals surface area (Å²) < 4.78 is 7.06. The normalized spacial score (nSPS) is 11.6. The highest BCUT2D eigenvalue weighted by Crippen LogP contribution is 2.31. The minimum atomic E-state index is 0.470. The first-order valence-electron chi connectivity index (χ1n) is 7.88. The van der Waals surface area contributed by atoms with Crippen LogP contribution in [0.5, 0.6) is 0 Å². The molecule has 124 valence electrons. The van der Waals surface area contributed by atoms with E-state index in [1.165, 1.54) is 0 Å².